The van der Waals surface area contributed by atoms with Crippen LogP contribution in [0.15, 0.2) is 29.2 Å². The van der Waals surface area contributed by atoms with Gasteiger partial charge < -0.3 is 0 Å². The van der Waals surface area contributed by atoms with E-state index in [9.17, 15) is 9.18 Å². The van der Waals surface area contributed by atoms with Gasteiger partial charge in [0, 0.05) is 24.1 Å². The van der Waals surface area contributed by atoms with E-state index in [2.05, 4.69) is 0 Å². The molecule has 0 saturated heterocycles. The summed E-state index contributed by atoms with van der Waals surface area (Å²) < 4.78 is 12.6. The van der Waals surface area contributed by atoms with E-state index in [1.807, 2.05) is 0 Å². The number of hydrogen-bond donors (Lipinski definition) is 0. The van der Waals surface area contributed by atoms with Gasteiger partial charge in [-0.3, -0.25) is 9.63 Å². The van der Waals surface area contributed by atoms with Gasteiger partial charge in [0.05, 0.1) is 7.11 Å². The van der Waals surface area contributed by atoms with E-state index in [1.54, 1.807) is 19.2 Å². The summed E-state index contributed by atoms with van der Waals surface area (Å²) in [6.07, 6.45) is 0.395. The number of hydroxylamine groups is 2. The molecule has 0 aromatic heterocycles. The Bertz CT molecular complexity index is 342. The van der Waals surface area contributed by atoms with Crippen LogP contribution in [0.2, 0.25) is 0 Å². The van der Waals surface area contributed by atoms with Crippen LogP contribution >= 0.6 is 11.8 Å². The van der Waals surface area contributed by atoms with Crippen LogP contribution in [0, 0.1) is 5.82 Å². The van der Waals surface area contributed by atoms with Gasteiger partial charge in [-0.25, -0.2) is 9.45 Å². The molecule has 5 heteroatoms. The highest BCUT2D eigenvalue weighted by Gasteiger charge is 2.07. The van der Waals surface area contributed by atoms with Crippen molar-refractivity contribution in [3.05, 3.63) is 30.1 Å². The lowest BCUT2D eigenvalue weighted by atomic mass is 10.4. The van der Waals surface area contributed by atoms with Crippen molar-refractivity contribution in [1.82, 2.24) is 5.06 Å². The van der Waals surface area contributed by atoms with Gasteiger partial charge in [0.25, 0.3) is 0 Å². The van der Waals surface area contributed by atoms with Crippen molar-refractivity contribution in [1.29, 1.82) is 0 Å². The minimum atomic E-state index is -0.250. The molecule has 0 heterocycles. The minimum Gasteiger partial charge on any atom is -0.275 e. The quantitative estimate of drug-likeness (QED) is 0.587. The van der Waals surface area contributed by atoms with E-state index < -0.39 is 0 Å². The number of hydrogen-bond acceptors (Lipinski definition) is 3. The van der Waals surface area contributed by atoms with E-state index in [0.29, 0.717) is 12.2 Å². The molecular formula is C11H14FNO2S. The van der Waals surface area contributed by atoms with Crippen molar-refractivity contribution >= 4 is 17.7 Å². The molecule has 16 heavy (non-hydrogen) atoms. The first-order valence-electron chi connectivity index (χ1n) is 4.82. The lowest BCUT2D eigenvalue weighted by Crippen LogP contribution is -2.25. The summed E-state index contributed by atoms with van der Waals surface area (Å²) in [4.78, 5) is 17.1. The predicted molar refractivity (Wildman–Crippen MR) is 61.5 cm³/mol. The lowest BCUT2D eigenvalue weighted by molar-refractivity contribution is -0.168. The van der Waals surface area contributed by atoms with Crippen LogP contribution in [-0.4, -0.2) is 30.9 Å². The Morgan fingerprint density at radius 3 is 2.62 bits per heavy atom. The molecule has 0 atom stereocenters. The van der Waals surface area contributed by atoms with Crippen LogP contribution in [-0.2, 0) is 9.63 Å². The molecule has 0 fully saturated rings. The van der Waals surface area contributed by atoms with Crippen molar-refractivity contribution in [2.45, 2.75) is 11.3 Å². The lowest BCUT2D eigenvalue weighted by Gasteiger charge is -2.12. The second kappa shape index (κ2) is 6.50. The predicted octanol–water partition coefficient (Wildman–Crippen LogP) is 2.33. The number of amides is 1. The van der Waals surface area contributed by atoms with Crippen LogP contribution in [0.1, 0.15) is 6.42 Å². The first kappa shape index (κ1) is 13.0. The number of benzene rings is 1. The molecule has 0 bridgehead atoms. The highest BCUT2D eigenvalue weighted by Crippen LogP contribution is 2.19. The summed E-state index contributed by atoms with van der Waals surface area (Å²) in [5.41, 5.74) is 0. The Labute approximate surface area is 98.5 Å². The van der Waals surface area contributed by atoms with E-state index >= 15 is 0 Å². The summed E-state index contributed by atoms with van der Waals surface area (Å²) >= 11 is 1.52. The van der Waals surface area contributed by atoms with Crippen molar-refractivity contribution < 1.29 is 14.0 Å². The average molecular weight is 243 g/mol. The number of carbonyl (C=O) groups excluding carboxylic acids is 1. The van der Waals surface area contributed by atoms with Gasteiger partial charge >= 0.3 is 0 Å². The number of rotatable bonds is 5. The average Bonchev–Trinajstić information content (AvgIpc) is 2.30. The zero-order valence-electron chi connectivity index (χ0n) is 9.27. The monoisotopic (exact) mass is 243 g/mol. The Balaban J connectivity index is 2.30. The van der Waals surface area contributed by atoms with Crippen LogP contribution < -0.4 is 0 Å². The third kappa shape index (κ3) is 4.20. The maximum Gasteiger partial charge on any atom is 0.246 e. The minimum absolute atomic E-state index is 0.0721. The Morgan fingerprint density at radius 2 is 2.06 bits per heavy atom. The topological polar surface area (TPSA) is 29.5 Å². The summed E-state index contributed by atoms with van der Waals surface area (Å²) in [6, 6.07) is 6.21. The van der Waals surface area contributed by atoms with Crippen LogP contribution in [0.3, 0.4) is 0 Å². The van der Waals surface area contributed by atoms with Crippen LogP contribution in [0.4, 0.5) is 4.39 Å². The molecule has 1 rings (SSSR count). The number of halogens is 1. The second-order valence-corrected chi connectivity index (χ2v) is 4.29. The van der Waals surface area contributed by atoms with Crippen molar-refractivity contribution in [2.75, 3.05) is 19.9 Å². The zero-order valence-corrected chi connectivity index (χ0v) is 10.1. The highest BCUT2D eigenvalue weighted by atomic mass is 32.2. The molecule has 3 nitrogen and oxygen atoms in total. The molecule has 0 N–H and O–H groups in total. The summed E-state index contributed by atoms with van der Waals surface area (Å²) in [5, 5.41) is 1.20. The van der Waals surface area contributed by atoms with Gasteiger partial charge in [0.1, 0.15) is 5.82 Å². The number of thioether (sulfide) groups is 1. The van der Waals surface area contributed by atoms with Crippen LogP contribution in [0.5, 0.6) is 0 Å². The molecule has 0 aliphatic rings. The van der Waals surface area contributed by atoms with Crippen molar-refractivity contribution in [2.24, 2.45) is 0 Å². The summed E-state index contributed by atoms with van der Waals surface area (Å²) in [7, 11) is 3.02. The first-order chi connectivity index (χ1) is 7.63. The molecule has 0 aliphatic heterocycles. The van der Waals surface area contributed by atoms with Crippen LogP contribution in [0.25, 0.3) is 0 Å². The Kier molecular flexibility index (Phi) is 5.28. The number of carbonyl (C=O) groups is 1. The molecular weight excluding hydrogens is 229 g/mol. The maximum absolute atomic E-state index is 12.6. The largest absolute Gasteiger partial charge is 0.275 e. The smallest absolute Gasteiger partial charge is 0.246 e. The van der Waals surface area contributed by atoms with E-state index in [0.717, 1.165) is 4.90 Å². The van der Waals surface area contributed by atoms with Gasteiger partial charge in [0.2, 0.25) is 5.91 Å². The maximum atomic E-state index is 12.6. The fraction of sp³-hybridized carbons (Fsp3) is 0.364. The standard InChI is InChI=1S/C11H14FNO2S/c1-13(15-2)11(14)7-8-16-10-5-3-9(12)4-6-10/h3-6H,7-8H2,1-2H3. The normalized spacial score (nSPS) is 10.2. The summed E-state index contributed by atoms with van der Waals surface area (Å²) in [6.45, 7) is 0. The highest BCUT2D eigenvalue weighted by molar-refractivity contribution is 7.99. The molecule has 1 amide bonds. The first-order valence-corrected chi connectivity index (χ1v) is 5.81. The van der Waals surface area contributed by atoms with Gasteiger partial charge in [0.15, 0.2) is 0 Å². The number of nitrogens with zero attached hydrogens (tertiary/aromatic N) is 1. The Morgan fingerprint density at radius 1 is 1.44 bits per heavy atom. The Hall–Kier alpha value is -1.07. The molecule has 0 unspecified atom stereocenters. The molecule has 1 aromatic carbocycles. The van der Waals surface area contributed by atoms with Crippen molar-refractivity contribution in [3.63, 3.8) is 0 Å². The summed E-state index contributed by atoms with van der Waals surface area (Å²) in [5.74, 6) is 0.328. The fourth-order valence-corrected chi connectivity index (χ4v) is 1.89. The second-order valence-electron chi connectivity index (χ2n) is 3.13. The molecule has 0 saturated carbocycles. The third-order valence-corrected chi connectivity index (χ3v) is 3.04. The molecule has 0 radical (unpaired) electrons. The van der Waals surface area contributed by atoms with E-state index in [4.69, 9.17) is 4.84 Å². The zero-order chi connectivity index (χ0) is 12.0. The molecule has 0 spiro atoms. The molecule has 88 valence electrons. The van der Waals surface area contributed by atoms with Gasteiger partial charge in [-0.2, -0.15) is 0 Å². The SMILES string of the molecule is CON(C)C(=O)CCSc1ccc(F)cc1. The van der Waals surface area contributed by atoms with Crippen molar-refractivity contribution in [3.8, 4) is 0 Å². The third-order valence-electron chi connectivity index (χ3n) is 2.02. The fourth-order valence-electron chi connectivity index (χ4n) is 1.05. The van der Waals surface area contributed by atoms with E-state index in [1.165, 1.54) is 36.1 Å². The van der Waals surface area contributed by atoms with Gasteiger partial charge in [-0.05, 0) is 24.3 Å². The molecule has 1 aromatic rings. The van der Waals surface area contributed by atoms with Gasteiger partial charge in [-0.15, -0.1) is 11.8 Å². The van der Waals surface area contributed by atoms with E-state index in [-0.39, 0.29) is 11.7 Å². The molecule has 0 aliphatic carbocycles. The van der Waals surface area contributed by atoms with Gasteiger partial charge in [-0.1, -0.05) is 0 Å².